The Morgan fingerprint density at radius 1 is 1.33 bits per heavy atom. The van der Waals surface area contributed by atoms with Crippen molar-refractivity contribution in [2.75, 3.05) is 26.7 Å². The average molecular weight is 317 g/mol. The Bertz CT molecular complexity index is 561. The molecule has 1 aromatic rings. The van der Waals surface area contributed by atoms with Crippen LogP contribution in [0.25, 0.3) is 0 Å². The van der Waals surface area contributed by atoms with E-state index in [0.717, 1.165) is 16.4 Å². The molecular formula is C13H20FN3O3S. The Morgan fingerprint density at radius 2 is 1.95 bits per heavy atom. The Hall–Kier alpha value is -1.51. The average Bonchev–Trinajstić information content (AvgIpc) is 2.45. The Balaban J connectivity index is 2.52. The van der Waals surface area contributed by atoms with Crippen molar-refractivity contribution in [1.29, 1.82) is 0 Å². The summed E-state index contributed by atoms with van der Waals surface area (Å²) in [6, 6.07) is 4.63. The number of benzene rings is 1. The highest BCUT2D eigenvalue weighted by Gasteiger charge is 2.20. The van der Waals surface area contributed by atoms with Crippen molar-refractivity contribution in [3.8, 4) is 0 Å². The molecule has 118 valence electrons. The number of carbonyl (C=O) groups excluding carboxylic acids is 1. The first-order valence-electron chi connectivity index (χ1n) is 6.56. The van der Waals surface area contributed by atoms with E-state index in [-0.39, 0.29) is 23.8 Å². The van der Waals surface area contributed by atoms with Gasteiger partial charge in [-0.2, -0.15) is 0 Å². The summed E-state index contributed by atoms with van der Waals surface area (Å²) in [7, 11) is -2.23. The van der Waals surface area contributed by atoms with Crippen LogP contribution in [0.5, 0.6) is 0 Å². The summed E-state index contributed by atoms with van der Waals surface area (Å²) in [5.74, 6) is -0.652. The van der Waals surface area contributed by atoms with Gasteiger partial charge in [-0.3, -0.25) is 4.79 Å². The van der Waals surface area contributed by atoms with Crippen molar-refractivity contribution in [2.24, 2.45) is 5.73 Å². The lowest BCUT2D eigenvalue weighted by atomic mass is 10.3. The summed E-state index contributed by atoms with van der Waals surface area (Å²) in [5, 5.41) is 2.61. The molecule has 0 saturated heterocycles. The number of hydrogen-bond donors (Lipinski definition) is 2. The number of carbonyl (C=O) groups is 1. The molecule has 0 aliphatic carbocycles. The normalized spacial score (nSPS) is 11.6. The van der Waals surface area contributed by atoms with Gasteiger partial charge in [0, 0.05) is 33.1 Å². The van der Waals surface area contributed by atoms with Crippen LogP contribution in [0.2, 0.25) is 0 Å². The molecule has 1 aromatic carbocycles. The van der Waals surface area contributed by atoms with E-state index in [4.69, 9.17) is 5.73 Å². The lowest BCUT2D eigenvalue weighted by Gasteiger charge is -2.17. The zero-order valence-corrected chi connectivity index (χ0v) is 12.7. The predicted molar refractivity (Wildman–Crippen MR) is 77.5 cm³/mol. The third-order valence-electron chi connectivity index (χ3n) is 2.87. The van der Waals surface area contributed by atoms with Gasteiger partial charge in [-0.1, -0.05) is 0 Å². The highest BCUT2D eigenvalue weighted by atomic mass is 32.2. The number of nitrogens with one attached hydrogen (secondary N) is 1. The third kappa shape index (κ3) is 5.41. The molecule has 0 radical (unpaired) electrons. The molecule has 0 spiro atoms. The quantitative estimate of drug-likeness (QED) is 0.721. The van der Waals surface area contributed by atoms with E-state index in [9.17, 15) is 17.6 Å². The Labute approximate surface area is 124 Å². The molecule has 0 aromatic heterocycles. The predicted octanol–water partition coefficient (Wildman–Crippen LogP) is 0.301. The first kappa shape index (κ1) is 17.5. The topological polar surface area (TPSA) is 92.5 Å². The molecule has 0 saturated carbocycles. The summed E-state index contributed by atoms with van der Waals surface area (Å²) >= 11 is 0. The maximum Gasteiger partial charge on any atom is 0.242 e. The molecule has 0 bridgehead atoms. The first-order chi connectivity index (χ1) is 9.87. The molecule has 0 heterocycles. The van der Waals surface area contributed by atoms with E-state index in [1.165, 1.54) is 19.2 Å². The van der Waals surface area contributed by atoms with Crippen molar-refractivity contribution in [1.82, 2.24) is 9.62 Å². The van der Waals surface area contributed by atoms with Crippen LogP contribution < -0.4 is 11.1 Å². The molecule has 3 N–H and O–H groups in total. The number of amides is 1. The number of rotatable bonds is 8. The fourth-order valence-electron chi connectivity index (χ4n) is 1.67. The molecule has 0 aliphatic heterocycles. The van der Waals surface area contributed by atoms with E-state index in [2.05, 4.69) is 5.32 Å². The van der Waals surface area contributed by atoms with Gasteiger partial charge in [-0.15, -0.1) is 0 Å². The molecule has 6 nitrogen and oxygen atoms in total. The molecule has 0 aliphatic rings. The fourth-order valence-corrected chi connectivity index (χ4v) is 2.88. The van der Waals surface area contributed by atoms with Crippen LogP contribution in [0.3, 0.4) is 0 Å². The summed E-state index contributed by atoms with van der Waals surface area (Å²) in [4.78, 5) is 11.4. The van der Waals surface area contributed by atoms with E-state index in [1.807, 2.05) is 0 Å². The minimum absolute atomic E-state index is 0.0268. The largest absolute Gasteiger partial charge is 0.355 e. The lowest BCUT2D eigenvalue weighted by Crippen LogP contribution is -2.31. The second-order valence-corrected chi connectivity index (χ2v) is 6.57. The maximum absolute atomic E-state index is 12.8. The molecule has 1 amide bonds. The molecule has 1 rings (SSSR count). The number of hydrogen-bond acceptors (Lipinski definition) is 4. The van der Waals surface area contributed by atoms with Gasteiger partial charge in [-0.05, 0) is 30.7 Å². The maximum atomic E-state index is 12.8. The fraction of sp³-hybridized carbons (Fsp3) is 0.462. The second kappa shape index (κ2) is 8.06. The highest BCUT2D eigenvalue weighted by molar-refractivity contribution is 7.89. The number of sulfonamides is 1. The van der Waals surface area contributed by atoms with Crippen molar-refractivity contribution in [3.63, 3.8) is 0 Å². The van der Waals surface area contributed by atoms with Gasteiger partial charge >= 0.3 is 0 Å². The number of nitrogens with two attached hydrogens (primary N) is 1. The monoisotopic (exact) mass is 317 g/mol. The Morgan fingerprint density at radius 3 is 2.52 bits per heavy atom. The zero-order valence-electron chi connectivity index (χ0n) is 11.9. The van der Waals surface area contributed by atoms with Crippen LogP contribution in [-0.4, -0.2) is 45.3 Å². The van der Waals surface area contributed by atoms with Gasteiger partial charge in [0.1, 0.15) is 5.82 Å². The van der Waals surface area contributed by atoms with E-state index >= 15 is 0 Å². The van der Waals surface area contributed by atoms with Crippen LogP contribution >= 0.6 is 0 Å². The van der Waals surface area contributed by atoms with Crippen LogP contribution in [-0.2, 0) is 14.8 Å². The van der Waals surface area contributed by atoms with Gasteiger partial charge in [0.15, 0.2) is 0 Å². The molecule has 8 heteroatoms. The summed E-state index contributed by atoms with van der Waals surface area (Å²) < 4.78 is 38.3. The Kier molecular flexibility index (Phi) is 6.73. The SMILES string of the molecule is CN(CCCC(=O)NCCN)S(=O)(=O)c1ccc(F)cc1. The lowest BCUT2D eigenvalue weighted by molar-refractivity contribution is -0.121. The van der Waals surface area contributed by atoms with Crippen molar-refractivity contribution in [3.05, 3.63) is 30.1 Å². The van der Waals surface area contributed by atoms with Crippen molar-refractivity contribution < 1.29 is 17.6 Å². The van der Waals surface area contributed by atoms with Crippen LogP contribution in [0.15, 0.2) is 29.2 Å². The van der Waals surface area contributed by atoms with E-state index in [0.29, 0.717) is 19.5 Å². The minimum atomic E-state index is -3.66. The number of nitrogens with zero attached hydrogens (tertiary/aromatic N) is 1. The molecule has 0 fully saturated rings. The standard InChI is InChI=1S/C13H20FN3O3S/c1-17(10-2-3-13(18)16-9-8-15)21(19,20)12-6-4-11(14)5-7-12/h4-7H,2-3,8-10,15H2,1H3,(H,16,18). The van der Waals surface area contributed by atoms with Crippen LogP contribution in [0.4, 0.5) is 4.39 Å². The highest BCUT2D eigenvalue weighted by Crippen LogP contribution is 2.15. The van der Waals surface area contributed by atoms with Gasteiger partial charge in [0.25, 0.3) is 0 Å². The molecule has 0 atom stereocenters. The molecular weight excluding hydrogens is 297 g/mol. The van der Waals surface area contributed by atoms with Crippen molar-refractivity contribution >= 4 is 15.9 Å². The number of halogens is 1. The zero-order chi connectivity index (χ0) is 15.9. The van der Waals surface area contributed by atoms with Gasteiger partial charge in [0.05, 0.1) is 4.90 Å². The minimum Gasteiger partial charge on any atom is -0.355 e. The smallest absolute Gasteiger partial charge is 0.242 e. The van der Waals surface area contributed by atoms with Gasteiger partial charge in [0.2, 0.25) is 15.9 Å². The first-order valence-corrected chi connectivity index (χ1v) is 8.00. The summed E-state index contributed by atoms with van der Waals surface area (Å²) in [6.07, 6.45) is 0.622. The van der Waals surface area contributed by atoms with Gasteiger partial charge < -0.3 is 11.1 Å². The second-order valence-electron chi connectivity index (χ2n) is 4.52. The van der Waals surface area contributed by atoms with E-state index in [1.54, 1.807) is 0 Å². The van der Waals surface area contributed by atoms with Crippen LogP contribution in [0.1, 0.15) is 12.8 Å². The molecule has 21 heavy (non-hydrogen) atoms. The summed E-state index contributed by atoms with van der Waals surface area (Å²) in [6.45, 7) is 0.975. The third-order valence-corrected chi connectivity index (χ3v) is 4.74. The summed E-state index contributed by atoms with van der Waals surface area (Å²) in [5.41, 5.74) is 5.26. The molecule has 0 unspecified atom stereocenters. The van der Waals surface area contributed by atoms with Crippen LogP contribution in [0, 0.1) is 5.82 Å². The van der Waals surface area contributed by atoms with Gasteiger partial charge in [-0.25, -0.2) is 17.1 Å². The van der Waals surface area contributed by atoms with Crippen molar-refractivity contribution in [2.45, 2.75) is 17.7 Å². The van der Waals surface area contributed by atoms with E-state index < -0.39 is 15.8 Å².